The summed E-state index contributed by atoms with van der Waals surface area (Å²) in [6, 6.07) is 6.43. The highest BCUT2D eigenvalue weighted by Gasteiger charge is 2.26. The van der Waals surface area contributed by atoms with E-state index in [1.165, 1.54) is 66.4 Å². The molecule has 0 bridgehead atoms. The number of nitrogens with zero attached hydrogens (tertiary/aromatic N) is 7. The number of rotatable bonds is 10. The van der Waals surface area contributed by atoms with Gasteiger partial charge in [-0.2, -0.15) is 8.42 Å². The molecule has 0 fully saturated rings. The third-order valence-corrected chi connectivity index (χ3v) is 8.67. The average molecular weight is 688 g/mol. The molecule has 0 unspecified atom stereocenters. The van der Waals surface area contributed by atoms with Gasteiger partial charge in [-0.3, -0.25) is 29.0 Å². The Hall–Kier alpha value is -6.43. The number of nitrogens with one attached hydrogen (secondary N) is 2. The van der Waals surface area contributed by atoms with Crippen molar-refractivity contribution in [1.29, 1.82) is 0 Å². The maximum absolute atomic E-state index is 15.0. The second kappa shape index (κ2) is 13.0. The van der Waals surface area contributed by atoms with E-state index in [4.69, 9.17) is 0 Å². The summed E-state index contributed by atoms with van der Waals surface area (Å²) in [7, 11) is -2.83. The first-order valence-electron chi connectivity index (χ1n) is 14.2. The molecule has 248 valence electrons. The van der Waals surface area contributed by atoms with Gasteiger partial charge >= 0.3 is 5.97 Å². The summed E-state index contributed by atoms with van der Waals surface area (Å²) in [4.78, 5) is 57.6. The van der Waals surface area contributed by atoms with E-state index >= 15 is 8.78 Å². The van der Waals surface area contributed by atoms with Crippen LogP contribution < -0.4 is 15.6 Å². The summed E-state index contributed by atoms with van der Waals surface area (Å²) in [5.74, 6) is -5.39. The number of fused-ring (bicyclic) bond motifs is 1. The van der Waals surface area contributed by atoms with Crippen LogP contribution in [0.3, 0.4) is 0 Å². The van der Waals surface area contributed by atoms with Gasteiger partial charge in [0.2, 0.25) is 0 Å². The third-order valence-electron chi connectivity index (χ3n) is 7.39. The van der Waals surface area contributed by atoms with Crippen LogP contribution in [0.1, 0.15) is 16.1 Å². The van der Waals surface area contributed by atoms with Crippen LogP contribution in [0.5, 0.6) is 0 Å². The molecule has 0 aliphatic carbocycles. The zero-order valence-corrected chi connectivity index (χ0v) is 26.0. The van der Waals surface area contributed by atoms with Crippen LogP contribution in [0, 0.1) is 11.6 Å². The molecule has 0 spiro atoms. The number of sulfonamides is 1. The largest absolute Gasteiger partial charge is 0.480 e. The lowest BCUT2D eigenvalue weighted by molar-refractivity contribution is -0.139. The molecule has 49 heavy (non-hydrogen) atoms. The third kappa shape index (κ3) is 6.57. The highest BCUT2D eigenvalue weighted by molar-refractivity contribution is 7.92. The molecule has 18 heteroatoms. The Morgan fingerprint density at radius 3 is 2.35 bits per heavy atom. The Morgan fingerprint density at radius 1 is 0.918 bits per heavy atom. The standard InChI is InChI=1S/C31H23F2N9O6S/c1-41-27-15-34-7-6-21(27)30(44)42(41)20-4-3-19(37-14-20)8-26(31(45)46)39-29(43)22-9-24(33)25(10-23(22)32)40-49(47,48)28-5-2-17(13-38-28)18-11-35-16-36-12-18/h2-7,9-16,26,40H,8H2,1H3,(H,39,43)(H,45,46)/t26-/m0/s1. The molecular weight excluding hydrogens is 664 g/mol. The van der Waals surface area contributed by atoms with Crippen LogP contribution >= 0.6 is 0 Å². The number of anilines is 1. The maximum Gasteiger partial charge on any atom is 0.326 e. The molecule has 1 aromatic carbocycles. The molecule has 3 N–H and O–H groups in total. The Kier molecular flexibility index (Phi) is 8.62. The first kappa shape index (κ1) is 32.5. The van der Waals surface area contributed by atoms with Crippen molar-refractivity contribution in [1.82, 2.24) is 39.6 Å². The Morgan fingerprint density at radius 2 is 1.69 bits per heavy atom. The van der Waals surface area contributed by atoms with Gasteiger partial charge in [0, 0.05) is 61.1 Å². The second-order valence-corrected chi connectivity index (χ2v) is 12.2. The number of carbonyl (C=O) groups excluding carboxylic acids is 1. The van der Waals surface area contributed by atoms with Crippen molar-refractivity contribution in [2.75, 3.05) is 4.72 Å². The lowest BCUT2D eigenvalue weighted by Crippen LogP contribution is -2.42. The summed E-state index contributed by atoms with van der Waals surface area (Å²) in [6.07, 6.45) is 9.59. The Bertz CT molecular complexity index is 2390. The fraction of sp³-hybridized carbons (Fsp3) is 0.0968. The SMILES string of the molecule is Cn1c2cnccc2c(=O)n1-c1ccc(C[C@H](NC(=O)c2cc(F)c(NS(=O)(=O)c3ccc(-c4cncnc4)cn3)cc2F)C(=O)O)nc1. The van der Waals surface area contributed by atoms with E-state index in [0.29, 0.717) is 39.8 Å². The van der Waals surface area contributed by atoms with E-state index in [1.54, 1.807) is 17.8 Å². The number of aryl methyl sites for hydroxylation is 1. The van der Waals surface area contributed by atoms with Gasteiger partial charge in [0.25, 0.3) is 21.5 Å². The lowest BCUT2D eigenvalue weighted by Gasteiger charge is -2.16. The van der Waals surface area contributed by atoms with Gasteiger partial charge in [-0.15, -0.1) is 0 Å². The van der Waals surface area contributed by atoms with E-state index < -0.39 is 55.9 Å². The van der Waals surface area contributed by atoms with Crippen molar-refractivity contribution in [2.24, 2.45) is 7.05 Å². The van der Waals surface area contributed by atoms with E-state index in [1.807, 2.05) is 4.72 Å². The smallest absolute Gasteiger partial charge is 0.326 e. The molecule has 5 heterocycles. The van der Waals surface area contributed by atoms with Crippen LogP contribution in [-0.2, 0) is 28.3 Å². The quantitative estimate of drug-likeness (QED) is 0.191. The number of carboxylic acids is 1. The van der Waals surface area contributed by atoms with Crippen LogP contribution in [0.4, 0.5) is 14.5 Å². The minimum atomic E-state index is -4.49. The molecular formula is C31H23F2N9O6S. The first-order chi connectivity index (χ1) is 23.4. The van der Waals surface area contributed by atoms with Crippen molar-refractivity contribution in [3.63, 3.8) is 0 Å². The fourth-order valence-electron chi connectivity index (χ4n) is 4.94. The number of pyridine rings is 3. The molecule has 0 radical (unpaired) electrons. The predicted molar refractivity (Wildman–Crippen MR) is 169 cm³/mol. The Labute approximate surface area is 275 Å². The molecule has 5 aromatic heterocycles. The van der Waals surface area contributed by atoms with Gasteiger partial charge in [-0.1, -0.05) is 0 Å². The van der Waals surface area contributed by atoms with Gasteiger partial charge in [0.1, 0.15) is 24.0 Å². The minimum Gasteiger partial charge on any atom is -0.480 e. The van der Waals surface area contributed by atoms with Gasteiger partial charge in [0.15, 0.2) is 5.03 Å². The number of carboxylic acid groups (broad SMARTS) is 1. The lowest BCUT2D eigenvalue weighted by atomic mass is 10.1. The summed E-state index contributed by atoms with van der Waals surface area (Å²) in [5, 5.41) is 11.8. The number of carbonyl (C=O) groups is 2. The van der Waals surface area contributed by atoms with Crippen molar-refractivity contribution >= 4 is 38.5 Å². The van der Waals surface area contributed by atoms with Crippen LogP contribution in [0.2, 0.25) is 0 Å². The van der Waals surface area contributed by atoms with Crippen LogP contribution in [0.25, 0.3) is 27.7 Å². The summed E-state index contributed by atoms with van der Waals surface area (Å²) in [5.41, 5.74) is 0.261. The number of aromatic nitrogens is 7. The van der Waals surface area contributed by atoms with E-state index in [0.717, 1.165) is 6.07 Å². The fourth-order valence-corrected chi connectivity index (χ4v) is 5.92. The number of hydrogen-bond donors (Lipinski definition) is 3. The van der Waals surface area contributed by atoms with Crippen LogP contribution in [0.15, 0.2) is 95.8 Å². The van der Waals surface area contributed by atoms with Crippen molar-refractivity contribution in [3.8, 4) is 16.8 Å². The van der Waals surface area contributed by atoms with E-state index in [2.05, 4.69) is 30.2 Å². The van der Waals surface area contributed by atoms with Gasteiger partial charge in [0.05, 0.1) is 40.2 Å². The van der Waals surface area contributed by atoms with E-state index in [-0.39, 0.29) is 17.7 Å². The van der Waals surface area contributed by atoms with Gasteiger partial charge in [-0.25, -0.2) is 33.2 Å². The molecule has 6 rings (SSSR count). The second-order valence-electron chi connectivity index (χ2n) is 10.5. The number of hydrogen-bond acceptors (Lipinski definition) is 10. The number of aliphatic carboxylic acids is 1. The van der Waals surface area contributed by atoms with Crippen molar-refractivity contribution in [3.05, 3.63) is 119 Å². The number of halogens is 2. The van der Waals surface area contributed by atoms with Gasteiger partial charge in [-0.05, 0) is 36.4 Å². The van der Waals surface area contributed by atoms with Gasteiger partial charge < -0.3 is 10.4 Å². The first-order valence-corrected chi connectivity index (χ1v) is 15.7. The molecule has 15 nitrogen and oxygen atoms in total. The summed E-state index contributed by atoms with van der Waals surface area (Å²) < 4.78 is 60.6. The van der Waals surface area contributed by atoms with Crippen molar-refractivity contribution in [2.45, 2.75) is 17.5 Å². The average Bonchev–Trinajstić information content (AvgIpc) is 3.35. The van der Waals surface area contributed by atoms with E-state index in [9.17, 15) is 27.9 Å². The number of amides is 1. The monoisotopic (exact) mass is 687 g/mol. The predicted octanol–water partition coefficient (Wildman–Crippen LogP) is 2.48. The van der Waals surface area contributed by atoms with Crippen LogP contribution in [-0.4, -0.2) is 65.7 Å². The molecule has 0 aliphatic rings. The highest BCUT2D eigenvalue weighted by atomic mass is 32.2. The topological polar surface area (TPSA) is 204 Å². The normalized spacial score (nSPS) is 12.1. The summed E-state index contributed by atoms with van der Waals surface area (Å²) in [6.45, 7) is 0. The molecule has 0 saturated heterocycles. The highest BCUT2D eigenvalue weighted by Crippen LogP contribution is 2.24. The zero-order chi connectivity index (χ0) is 34.9. The Balaban J connectivity index is 1.15. The zero-order valence-electron chi connectivity index (χ0n) is 25.2. The molecule has 6 aromatic rings. The molecule has 1 amide bonds. The summed E-state index contributed by atoms with van der Waals surface area (Å²) >= 11 is 0. The molecule has 0 saturated carbocycles. The maximum atomic E-state index is 15.0. The minimum absolute atomic E-state index is 0.208. The van der Waals surface area contributed by atoms with Crippen molar-refractivity contribution < 1.29 is 31.9 Å². The molecule has 1 atom stereocenters. The number of benzene rings is 1. The molecule has 0 aliphatic heterocycles.